The summed E-state index contributed by atoms with van der Waals surface area (Å²) in [5.74, 6) is -0.0205. The van der Waals surface area contributed by atoms with Crippen molar-refractivity contribution in [2.24, 2.45) is 0 Å². The molecule has 1 aliphatic carbocycles. The van der Waals surface area contributed by atoms with Crippen molar-refractivity contribution in [1.82, 2.24) is 10.3 Å². The van der Waals surface area contributed by atoms with Gasteiger partial charge < -0.3 is 10.1 Å². The molecule has 0 spiro atoms. The Morgan fingerprint density at radius 1 is 1.11 bits per heavy atom. The van der Waals surface area contributed by atoms with Crippen molar-refractivity contribution >= 4 is 6.29 Å². The number of aromatic nitrogens is 1. The number of hydrogen-bond acceptors (Lipinski definition) is 3. The zero-order chi connectivity index (χ0) is 13.1. The van der Waals surface area contributed by atoms with Gasteiger partial charge in [-0.1, -0.05) is 6.07 Å². The van der Waals surface area contributed by atoms with Gasteiger partial charge in [0.15, 0.2) is 0 Å². The number of hydrogen-bond donors (Lipinski definition) is 1. The van der Waals surface area contributed by atoms with Crippen LogP contribution >= 0.6 is 0 Å². The third kappa shape index (κ3) is 2.71. The number of rotatable bonds is 1. The first-order valence-electron chi connectivity index (χ1n) is 7.56. The fourth-order valence-corrected chi connectivity index (χ4v) is 3.25. The van der Waals surface area contributed by atoms with Crippen LogP contribution in [0.15, 0.2) is 6.07 Å². The topological polar surface area (TPSA) is 42.0 Å². The van der Waals surface area contributed by atoms with E-state index in [1.807, 2.05) is 0 Å². The molecule has 2 heterocycles. The molecule has 0 saturated carbocycles. The monoisotopic (exact) mass is 258 g/mol. The molecule has 1 aliphatic heterocycles. The van der Waals surface area contributed by atoms with E-state index in [4.69, 9.17) is 4.98 Å². The van der Waals surface area contributed by atoms with Crippen LogP contribution in [0.25, 0.3) is 0 Å². The predicted octanol–water partition coefficient (Wildman–Crippen LogP) is 2.17. The van der Waals surface area contributed by atoms with Gasteiger partial charge in [0.1, 0.15) is 6.29 Å². The third-order valence-electron chi connectivity index (χ3n) is 4.36. The number of carbonyl (C=O) groups is 1. The second-order valence-electron chi connectivity index (χ2n) is 5.74. The quantitative estimate of drug-likeness (QED) is 0.785. The van der Waals surface area contributed by atoms with Crippen LogP contribution in [0.2, 0.25) is 0 Å². The minimum atomic E-state index is -0.0205. The molecule has 1 N–H and O–H groups in total. The summed E-state index contributed by atoms with van der Waals surface area (Å²) in [7, 11) is 0. The summed E-state index contributed by atoms with van der Waals surface area (Å²) in [6.45, 7) is 1.77. The van der Waals surface area contributed by atoms with Gasteiger partial charge in [0.2, 0.25) is 0 Å². The Labute approximate surface area is 114 Å². The summed E-state index contributed by atoms with van der Waals surface area (Å²) in [5, 5.41) is 3.39. The van der Waals surface area contributed by atoms with Crippen molar-refractivity contribution in [3.63, 3.8) is 0 Å². The molecule has 102 valence electrons. The van der Waals surface area contributed by atoms with E-state index < -0.39 is 0 Å². The fourth-order valence-electron chi connectivity index (χ4n) is 3.25. The zero-order valence-electron chi connectivity index (χ0n) is 11.5. The Morgan fingerprint density at radius 2 is 1.89 bits per heavy atom. The molecule has 1 atom stereocenters. The lowest BCUT2D eigenvalue weighted by molar-refractivity contribution is -0.109. The highest BCUT2D eigenvalue weighted by Gasteiger charge is 2.21. The minimum Gasteiger partial charge on any atom is -0.316 e. The van der Waals surface area contributed by atoms with E-state index in [1.165, 1.54) is 41.8 Å². The zero-order valence-corrected chi connectivity index (χ0v) is 11.5. The Bertz CT molecular complexity index is 470. The van der Waals surface area contributed by atoms with E-state index in [2.05, 4.69) is 11.4 Å². The summed E-state index contributed by atoms with van der Waals surface area (Å²) in [4.78, 5) is 16.3. The average molecular weight is 258 g/mol. The van der Waals surface area contributed by atoms with Gasteiger partial charge in [-0.15, -0.1) is 0 Å². The highest BCUT2D eigenvalue weighted by Crippen LogP contribution is 2.27. The van der Waals surface area contributed by atoms with Crippen molar-refractivity contribution < 1.29 is 4.79 Å². The normalized spacial score (nSPS) is 23.5. The summed E-state index contributed by atoms with van der Waals surface area (Å²) in [6.07, 6.45) is 9.22. The molecule has 1 unspecified atom stereocenters. The van der Waals surface area contributed by atoms with Gasteiger partial charge >= 0.3 is 0 Å². The number of fused-ring (bicyclic) bond motifs is 2. The smallest absolute Gasteiger partial charge is 0.128 e. The number of aldehydes is 1. The number of nitrogens with zero attached hydrogens (tertiary/aromatic N) is 1. The van der Waals surface area contributed by atoms with Crippen LogP contribution in [-0.4, -0.2) is 24.4 Å². The molecular weight excluding hydrogens is 236 g/mol. The van der Waals surface area contributed by atoms with Crippen molar-refractivity contribution in [3.05, 3.63) is 28.6 Å². The summed E-state index contributed by atoms with van der Waals surface area (Å²) >= 11 is 0. The lowest BCUT2D eigenvalue weighted by Gasteiger charge is -2.21. The highest BCUT2D eigenvalue weighted by atomic mass is 16.1. The molecule has 0 radical (unpaired) electrons. The van der Waals surface area contributed by atoms with Crippen LogP contribution in [0.4, 0.5) is 0 Å². The van der Waals surface area contributed by atoms with E-state index in [-0.39, 0.29) is 5.92 Å². The number of pyridine rings is 1. The third-order valence-corrected chi connectivity index (χ3v) is 4.36. The van der Waals surface area contributed by atoms with E-state index in [1.54, 1.807) is 0 Å². The summed E-state index contributed by atoms with van der Waals surface area (Å²) < 4.78 is 0. The first kappa shape index (κ1) is 12.8. The highest BCUT2D eigenvalue weighted by molar-refractivity contribution is 5.63. The van der Waals surface area contributed by atoms with Gasteiger partial charge in [-0.25, -0.2) is 0 Å². The van der Waals surface area contributed by atoms with Crippen LogP contribution in [0.3, 0.4) is 0 Å². The predicted molar refractivity (Wildman–Crippen MR) is 75.5 cm³/mol. The van der Waals surface area contributed by atoms with Crippen LogP contribution in [0.5, 0.6) is 0 Å². The molecule has 0 saturated heterocycles. The van der Waals surface area contributed by atoms with Crippen molar-refractivity contribution in [3.8, 4) is 0 Å². The van der Waals surface area contributed by atoms with Crippen molar-refractivity contribution in [2.75, 3.05) is 13.1 Å². The second kappa shape index (κ2) is 5.83. The molecule has 19 heavy (non-hydrogen) atoms. The molecule has 0 fully saturated rings. The average Bonchev–Trinajstić information content (AvgIpc) is 2.55. The maximum absolute atomic E-state index is 11.4. The molecule has 0 bridgehead atoms. The largest absolute Gasteiger partial charge is 0.316 e. The molecule has 1 aromatic rings. The molecule has 2 aliphatic rings. The van der Waals surface area contributed by atoms with Crippen molar-refractivity contribution in [2.45, 2.75) is 50.9 Å². The first-order valence-corrected chi connectivity index (χ1v) is 7.56. The van der Waals surface area contributed by atoms with Gasteiger partial charge in [-0.2, -0.15) is 0 Å². The number of aryl methyl sites for hydroxylation is 3. The molecule has 0 amide bonds. The standard InChI is InChI=1S/C16H22N2O/c19-11-13-10-17-8-4-3-7-16-14(13)9-12-5-1-2-6-15(12)18-16/h9,11,13,17H,1-8,10H2. The molecule has 0 aromatic carbocycles. The maximum Gasteiger partial charge on any atom is 0.128 e. The van der Waals surface area contributed by atoms with Gasteiger partial charge in [0.25, 0.3) is 0 Å². The Kier molecular flexibility index (Phi) is 3.92. The molecule has 3 heteroatoms. The van der Waals surface area contributed by atoms with E-state index >= 15 is 0 Å². The fraction of sp³-hybridized carbons (Fsp3) is 0.625. The van der Waals surface area contributed by atoms with Crippen molar-refractivity contribution in [1.29, 1.82) is 0 Å². The second-order valence-corrected chi connectivity index (χ2v) is 5.74. The minimum absolute atomic E-state index is 0.0205. The molecule has 3 nitrogen and oxygen atoms in total. The SMILES string of the molecule is O=CC1CNCCCCc2nc3c(cc21)CCCC3. The molecular formula is C16H22N2O. The van der Waals surface area contributed by atoms with Crippen LogP contribution < -0.4 is 5.32 Å². The molecule has 1 aromatic heterocycles. The Balaban J connectivity index is 2.02. The summed E-state index contributed by atoms with van der Waals surface area (Å²) in [5.41, 5.74) is 5.05. The number of nitrogens with one attached hydrogen (secondary N) is 1. The van der Waals surface area contributed by atoms with E-state index in [0.717, 1.165) is 45.1 Å². The lowest BCUT2D eigenvalue weighted by Crippen LogP contribution is -2.23. The van der Waals surface area contributed by atoms with Gasteiger partial charge in [-0.05, 0) is 62.6 Å². The van der Waals surface area contributed by atoms with Crippen LogP contribution in [-0.2, 0) is 24.1 Å². The summed E-state index contributed by atoms with van der Waals surface area (Å²) in [6, 6.07) is 2.28. The first-order chi connectivity index (χ1) is 9.38. The van der Waals surface area contributed by atoms with Gasteiger partial charge in [0, 0.05) is 17.9 Å². The Morgan fingerprint density at radius 3 is 2.79 bits per heavy atom. The van der Waals surface area contributed by atoms with E-state index in [0.29, 0.717) is 0 Å². The van der Waals surface area contributed by atoms with Gasteiger partial charge in [0.05, 0.1) is 5.92 Å². The van der Waals surface area contributed by atoms with Gasteiger partial charge in [-0.3, -0.25) is 4.98 Å². The Hall–Kier alpha value is -1.22. The molecule has 3 rings (SSSR count). The maximum atomic E-state index is 11.4. The number of carbonyl (C=O) groups excluding carboxylic acids is 1. The van der Waals surface area contributed by atoms with E-state index in [9.17, 15) is 4.79 Å². The van der Waals surface area contributed by atoms with Crippen LogP contribution in [0, 0.1) is 0 Å². The van der Waals surface area contributed by atoms with Crippen LogP contribution in [0.1, 0.15) is 54.1 Å². The lowest BCUT2D eigenvalue weighted by atomic mass is 9.89.